The van der Waals surface area contributed by atoms with Crippen LogP contribution in [0.25, 0.3) is 0 Å². The Kier molecular flexibility index (Phi) is 7.55. The molecule has 1 N–H and O–H groups in total. The summed E-state index contributed by atoms with van der Waals surface area (Å²) < 4.78 is 6.01. The van der Waals surface area contributed by atoms with Crippen LogP contribution in [0.2, 0.25) is 0 Å². The van der Waals surface area contributed by atoms with Gasteiger partial charge in [0.05, 0.1) is 12.2 Å². The molecule has 0 spiro atoms. The quantitative estimate of drug-likeness (QED) is 0.683. The van der Waals surface area contributed by atoms with Crippen molar-refractivity contribution in [3.63, 3.8) is 0 Å². The molecule has 0 aromatic carbocycles. The van der Waals surface area contributed by atoms with Gasteiger partial charge in [-0.25, -0.2) is 0 Å². The van der Waals surface area contributed by atoms with Crippen LogP contribution in [0.5, 0.6) is 0 Å². The van der Waals surface area contributed by atoms with Crippen molar-refractivity contribution in [1.82, 2.24) is 5.32 Å². The summed E-state index contributed by atoms with van der Waals surface area (Å²) in [6, 6.07) is 2.82. The van der Waals surface area contributed by atoms with Crippen molar-refractivity contribution < 1.29 is 4.74 Å². The second kappa shape index (κ2) is 8.64. The fourth-order valence-electron chi connectivity index (χ4n) is 3.22. The number of rotatable bonds is 8. The molecule has 0 aliphatic heterocycles. The molecule has 0 bridgehead atoms. The predicted molar refractivity (Wildman–Crippen MR) is 83.5 cm³/mol. The van der Waals surface area contributed by atoms with Gasteiger partial charge in [-0.15, -0.1) is 0 Å². The molecule has 0 aromatic heterocycles. The van der Waals surface area contributed by atoms with Gasteiger partial charge in [0.25, 0.3) is 0 Å². The number of ether oxygens (including phenoxy) is 1. The minimum absolute atomic E-state index is 0.342. The molecule has 1 aliphatic carbocycles. The second-order valence-corrected chi connectivity index (χ2v) is 6.71. The third-order valence-corrected chi connectivity index (χ3v) is 4.37. The number of hydrogen-bond donors (Lipinski definition) is 1. The van der Waals surface area contributed by atoms with Gasteiger partial charge in [0.2, 0.25) is 0 Å². The van der Waals surface area contributed by atoms with E-state index in [0.717, 1.165) is 31.8 Å². The van der Waals surface area contributed by atoms with E-state index in [9.17, 15) is 5.26 Å². The number of nitrogens with zero attached hydrogens (tertiary/aromatic N) is 1. The summed E-state index contributed by atoms with van der Waals surface area (Å²) in [4.78, 5) is 0. The average Bonchev–Trinajstić information content (AvgIpc) is 2.42. The molecule has 116 valence electrons. The molecule has 1 aliphatic rings. The van der Waals surface area contributed by atoms with E-state index in [1.165, 1.54) is 25.7 Å². The van der Waals surface area contributed by atoms with Crippen molar-refractivity contribution in [2.75, 3.05) is 6.61 Å². The van der Waals surface area contributed by atoms with Gasteiger partial charge in [-0.2, -0.15) is 5.26 Å². The molecule has 3 unspecified atom stereocenters. The third-order valence-electron chi connectivity index (χ3n) is 4.37. The van der Waals surface area contributed by atoms with Gasteiger partial charge in [-0.05, 0) is 51.9 Å². The van der Waals surface area contributed by atoms with Crippen LogP contribution in [-0.2, 0) is 4.74 Å². The average molecular weight is 280 g/mol. The second-order valence-electron chi connectivity index (χ2n) is 6.71. The summed E-state index contributed by atoms with van der Waals surface area (Å²) >= 11 is 0. The summed E-state index contributed by atoms with van der Waals surface area (Å²) in [6.07, 6.45) is 8.22. The molecular weight excluding hydrogens is 248 g/mol. The molecular formula is C17H32N2O. The Morgan fingerprint density at radius 3 is 2.70 bits per heavy atom. The monoisotopic (exact) mass is 280 g/mol. The van der Waals surface area contributed by atoms with E-state index in [2.05, 4.69) is 39.1 Å². The van der Waals surface area contributed by atoms with Crippen molar-refractivity contribution in [2.24, 2.45) is 5.92 Å². The van der Waals surface area contributed by atoms with Crippen LogP contribution in [-0.4, -0.2) is 24.3 Å². The lowest BCUT2D eigenvalue weighted by atomic mass is 9.88. The van der Waals surface area contributed by atoms with Crippen molar-refractivity contribution >= 4 is 0 Å². The third kappa shape index (κ3) is 5.81. The highest BCUT2D eigenvalue weighted by molar-refractivity contribution is 5.06. The Morgan fingerprint density at radius 2 is 2.15 bits per heavy atom. The van der Waals surface area contributed by atoms with Gasteiger partial charge in [-0.1, -0.05) is 26.7 Å². The minimum atomic E-state index is -0.378. The van der Waals surface area contributed by atoms with Crippen molar-refractivity contribution in [1.29, 1.82) is 5.26 Å². The van der Waals surface area contributed by atoms with Gasteiger partial charge >= 0.3 is 0 Å². The first-order chi connectivity index (χ1) is 9.51. The lowest BCUT2D eigenvalue weighted by molar-refractivity contribution is 0.0120. The first-order valence-electron chi connectivity index (χ1n) is 8.32. The van der Waals surface area contributed by atoms with Gasteiger partial charge in [0, 0.05) is 12.6 Å². The number of nitriles is 1. The first-order valence-corrected chi connectivity index (χ1v) is 8.32. The fraction of sp³-hybridized carbons (Fsp3) is 0.941. The summed E-state index contributed by atoms with van der Waals surface area (Å²) in [5, 5.41) is 12.9. The van der Waals surface area contributed by atoms with E-state index in [-0.39, 0.29) is 5.54 Å². The molecule has 0 heterocycles. The fourth-order valence-corrected chi connectivity index (χ4v) is 3.22. The van der Waals surface area contributed by atoms with Gasteiger partial charge < -0.3 is 4.74 Å². The lowest BCUT2D eigenvalue weighted by Gasteiger charge is -2.30. The van der Waals surface area contributed by atoms with Gasteiger partial charge in [0.15, 0.2) is 0 Å². The number of hydrogen-bond acceptors (Lipinski definition) is 3. The predicted octanol–water partition coefficient (Wildman–Crippen LogP) is 4.03. The smallest absolute Gasteiger partial charge is 0.106 e. The molecule has 20 heavy (non-hydrogen) atoms. The zero-order valence-corrected chi connectivity index (χ0v) is 13.7. The Hall–Kier alpha value is -0.590. The Labute approximate surface area is 125 Å². The molecule has 0 radical (unpaired) electrons. The summed E-state index contributed by atoms with van der Waals surface area (Å²) in [7, 11) is 0. The molecule has 3 atom stereocenters. The van der Waals surface area contributed by atoms with Crippen LogP contribution in [0.1, 0.15) is 72.6 Å². The van der Waals surface area contributed by atoms with Crippen molar-refractivity contribution in [3.8, 4) is 6.07 Å². The molecule has 1 fully saturated rings. The minimum Gasteiger partial charge on any atom is -0.378 e. The van der Waals surface area contributed by atoms with Crippen LogP contribution in [0.4, 0.5) is 0 Å². The topological polar surface area (TPSA) is 45.0 Å². The Bertz CT molecular complexity index is 311. The largest absolute Gasteiger partial charge is 0.378 e. The van der Waals surface area contributed by atoms with Crippen LogP contribution < -0.4 is 5.32 Å². The van der Waals surface area contributed by atoms with Crippen LogP contribution in [0.15, 0.2) is 0 Å². The molecule has 1 saturated carbocycles. The SMILES string of the molecule is CCC(C#N)(CCCOC1CCCC(C)C1)NC(C)C. The molecule has 3 heteroatoms. The highest BCUT2D eigenvalue weighted by Crippen LogP contribution is 2.26. The maximum atomic E-state index is 9.45. The standard InChI is InChI=1S/C17H32N2O/c1-5-17(13-18,19-14(2)3)10-7-11-20-16-9-6-8-15(4)12-16/h14-16,19H,5-12H2,1-4H3. The van der Waals surface area contributed by atoms with Crippen molar-refractivity contribution in [2.45, 2.75) is 90.3 Å². The Balaban J connectivity index is 2.28. The van der Waals surface area contributed by atoms with Crippen LogP contribution in [0, 0.1) is 17.2 Å². The summed E-state index contributed by atoms with van der Waals surface area (Å²) in [5.74, 6) is 0.810. The summed E-state index contributed by atoms with van der Waals surface area (Å²) in [6.45, 7) is 9.39. The van der Waals surface area contributed by atoms with Crippen LogP contribution in [0.3, 0.4) is 0 Å². The van der Waals surface area contributed by atoms with Gasteiger partial charge in [-0.3, -0.25) is 5.32 Å². The molecule has 3 nitrogen and oxygen atoms in total. The van der Waals surface area contributed by atoms with Crippen molar-refractivity contribution in [3.05, 3.63) is 0 Å². The normalized spacial score (nSPS) is 26.2. The zero-order valence-electron chi connectivity index (χ0n) is 13.7. The molecule has 0 saturated heterocycles. The maximum absolute atomic E-state index is 9.45. The van der Waals surface area contributed by atoms with E-state index < -0.39 is 0 Å². The van der Waals surface area contributed by atoms with E-state index in [1.54, 1.807) is 0 Å². The molecule has 0 amide bonds. The van der Waals surface area contributed by atoms with E-state index in [1.807, 2.05) is 0 Å². The number of nitrogens with one attached hydrogen (secondary N) is 1. The molecule has 1 rings (SSSR count). The zero-order chi connectivity index (χ0) is 15.0. The highest BCUT2D eigenvalue weighted by Gasteiger charge is 2.28. The summed E-state index contributed by atoms with van der Waals surface area (Å²) in [5.41, 5.74) is -0.378. The van der Waals surface area contributed by atoms with E-state index >= 15 is 0 Å². The van der Waals surface area contributed by atoms with E-state index in [4.69, 9.17) is 4.74 Å². The van der Waals surface area contributed by atoms with Gasteiger partial charge in [0.1, 0.15) is 5.54 Å². The van der Waals surface area contributed by atoms with Crippen LogP contribution >= 0.6 is 0 Å². The van der Waals surface area contributed by atoms with E-state index in [0.29, 0.717) is 12.1 Å². The molecule has 0 aromatic rings. The lowest BCUT2D eigenvalue weighted by Crippen LogP contribution is -2.47. The first kappa shape index (κ1) is 17.5. The highest BCUT2D eigenvalue weighted by atomic mass is 16.5. The maximum Gasteiger partial charge on any atom is 0.106 e. The Morgan fingerprint density at radius 1 is 1.40 bits per heavy atom.